The number of amides is 3. The molecule has 2 heterocycles. The van der Waals surface area contributed by atoms with Gasteiger partial charge in [-0.1, -0.05) is 12.1 Å². The average Bonchev–Trinajstić information content (AvgIpc) is 3.30. The summed E-state index contributed by atoms with van der Waals surface area (Å²) in [5.74, 6) is -0.704. The third kappa shape index (κ3) is 3.95. The molecule has 0 aromatic heterocycles. The number of hydrogen-bond acceptors (Lipinski definition) is 7. The molecule has 4 rings (SSSR count). The number of nitrogens with one attached hydrogen (secondary N) is 1. The van der Waals surface area contributed by atoms with Crippen LogP contribution in [0.5, 0.6) is 11.5 Å². The topological polar surface area (TPSA) is 111 Å². The zero-order valence-electron chi connectivity index (χ0n) is 15.9. The zero-order chi connectivity index (χ0) is 21.1. The van der Waals surface area contributed by atoms with Crippen molar-refractivity contribution in [2.75, 3.05) is 25.3 Å². The SMILES string of the molecule is O=C(COC(=O)CCCN1C(=O)c2ccccc2C1=O)Nc1ccc2c(c1)OCO2. The Morgan fingerprint density at radius 2 is 1.70 bits per heavy atom. The van der Waals surface area contributed by atoms with Gasteiger partial charge in [0, 0.05) is 24.7 Å². The maximum Gasteiger partial charge on any atom is 0.306 e. The molecule has 9 heteroatoms. The maximum atomic E-state index is 12.3. The molecule has 0 radical (unpaired) electrons. The quantitative estimate of drug-likeness (QED) is 0.549. The fraction of sp³-hybridized carbons (Fsp3) is 0.238. The van der Waals surface area contributed by atoms with Gasteiger partial charge in [-0.05, 0) is 30.7 Å². The lowest BCUT2D eigenvalue weighted by molar-refractivity contribution is -0.147. The molecular weight excluding hydrogens is 392 g/mol. The van der Waals surface area contributed by atoms with Gasteiger partial charge in [0.2, 0.25) is 6.79 Å². The molecule has 2 aromatic carbocycles. The van der Waals surface area contributed by atoms with Crippen LogP contribution in [-0.2, 0) is 14.3 Å². The molecule has 2 aromatic rings. The summed E-state index contributed by atoms with van der Waals surface area (Å²) in [4.78, 5) is 49.5. The van der Waals surface area contributed by atoms with Crippen LogP contribution in [0.2, 0.25) is 0 Å². The molecular formula is C21H18N2O7. The summed E-state index contributed by atoms with van der Waals surface area (Å²) in [6.07, 6.45) is 0.221. The molecule has 9 nitrogen and oxygen atoms in total. The Labute approximate surface area is 171 Å². The molecule has 1 N–H and O–H groups in total. The van der Waals surface area contributed by atoms with Crippen molar-refractivity contribution >= 4 is 29.4 Å². The lowest BCUT2D eigenvalue weighted by Gasteiger charge is -2.13. The highest BCUT2D eigenvalue weighted by atomic mass is 16.7. The number of esters is 1. The van der Waals surface area contributed by atoms with Crippen LogP contribution in [0, 0.1) is 0 Å². The lowest BCUT2D eigenvalue weighted by atomic mass is 10.1. The van der Waals surface area contributed by atoms with Gasteiger partial charge in [-0.2, -0.15) is 0 Å². The van der Waals surface area contributed by atoms with Gasteiger partial charge in [-0.3, -0.25) is 24.1 Å². The van der Waals surface area contributed by atoms with Crippen LogP contribution in [0.1, 0.15) is 33.6 Å². The van der Waals surface area contributed by atoms with E-state index in [4.69, 9.17) is 14.2 Å². The van der Waals surface area contributed by atoms with Crippen LogP contribution in [0.25, 0.3) is 0 Å². The minimum Gasteiger partial charge on any atom is -0.456 e. The Kier molecular flexibility index (Phi) is 5.34. The van der Waals surface area contributed by atoms with Gasteiger partial charge >= 0.3 is 5.97 Å². The average molecular weight is 410 g/mol. The lowest BCUT2D eigenvalue weighted by Crippen LogP contribution is -2.31. The number of carbonyl (C=O) groups excluding carboxylic acids is 4. The summed E-state index contributed by atoms with van der Waals surface area (Å²) in [6, 6.07) is 11.5. The van der Waals surface area contributed by atoms with Crippen LogP contribution in [0.15, 0.2) is 42.5 Å². The first-order valence-electron chi connectivity index (χ1n) is 9.33. The Morgan fingerprint density at radius 1 is 1.00 bits per heavy atom. The third-order valence-electron chi connectivity index (χ3n) is 4.66. The standard InChI is InChI=1S/C21H18N2O7/c24-18(22-13-7-8-16-17(10-13)30-12-29-16)11-28-19(25)6-3-9-23-20(26)14-4-1-2-5-15(14)21(23)27/h1-2,4-5,7-8,10H,3,6,9,11-12H2,(H,22,24). The highest BCUT2D eigenvalue weighted by Gasteiger charge is 2.34. The smallest absolute Gasteiger partial charge is 0.306 e. The minimum atomic E-state index is -0.590. The number of hydrogen-bond donors (Lipinski definition) is 1. The summed E-state index contributed by atoms with van der Waals surface area (Å²) in [5.41, 5.74) is 1.22. The van der Waals surface area contributed by atoms with E-state index in [9.17, 15) is 19.2 Å². The van der Waals surface area contributed by atoms with Crippen LogP contribution in [0.3, 0.4) is 0 Å². The van der Waals surface area contributed by atoms with Crippen molar-refractivity contribution in [2.45, 2.75) is 12.8 Å². The van der Waals surface area contributed by atoms with Gasteiger partial charge in [0.25, 0.3) is 17.7 Å². The van der Waals surface area contributed by atoms with E-state index in [1.165, 1.54) is 0 Å². The third-order valence-corrected chi connectivity index (χ3v) is 4.66. The summed E-state index contributed by atoms with van der Waals surface area (Å²) in [5, 5.41) is 2.60. The van der Waals surface area contributed by atoms with E-state index in [1.807, 2.05) is 0 Å². The van der Waals surface area contributed by atoms with Crippen LogP contribution in [0.4, 0.5) is 5.69 Å². The fourth-order valence-corrected chi connectivity index (χ4v) is 3.21. The van der Waals surface area contributed by atoms with E-state index in [-0.39, 0.29) is 38.0 Å². The molecule has 0 spiro atoms. The van der Waals surface area contributed by atoms with Crippen molar-refractivity contribution in [2.24, 2.45) is 0 Å². The number of imide groups is 1. The number of rotatable bonds is 7. The summed E-state index contributed by atoms with van der Waals surface area (Å²) in [6.45, 7) is -0.212. The number of ether oxygens (including phenoxy) is 3. The molecule has 2 aliphatic rings. The van der Waals surface area contributed by atoms with Gasteiger partial charge in [0.1, 0.15) is 0 Å². The van der Waals surface area contributed by atoms with Crippen molar-refractivity contribution in [3.05, 3.63) is 53.6 Å². The van der Waals surface area contributed by atoms with E-state index in [0.29, 0.717) is 28.3 Å². The zero-order valence-corrected chi connectivity index (χ0v) is 15.9. The van der Waals surface area contributed by atoms with E-state index in [0.717, 1.165) is 4.90 Å². The largest absolute Gasteiger partial charge is 0.456 e. The maximum absolute atomic E-state index is 12.3. The summed E-state index contributed by atoms with van der Waals surface area (Å²) < 4.78 is 15.4. The second kappa shape index (κ2) is 8.24. The summed E-state index contributed by atoms with van der Waals surface area (Å²) >= 11 is 0. The van der Waals surface area contributed by atoms with Gasteiger partial charge < -0.3 is 19.5 Å². The molecule has 0 bridgehead atoms. The first kappa shape index (κ1) is 19.4. The highest BCUT2D eigenvalue weighted by Crippen LogP contribution is 2.34. The van der Waals surface area contributed by atoms with Crippen molar-refractivity contribution in [1.29, 1.82) is 0 Å². The molecule has 0 saturated heterocycles. The Hall–Kier alpha value is -3.88. The molecule has 154 valence electrons. The second-order valence-corrected chi connectivity index (χ2v) is 6.69. The molecule has 3 amide bonds. The van der Waals surface area contributed by atoms with Crippen molar-refractivity contribution in [3.63, 3.8) is 0 Å². The fourth-order valence-electron chi connectivity index (χ4n) is 3.21. The Balaban J connectivity index is 1.19. The van der Waals surface area contributed by atoms with Crippen LogP contribution in [-0.4, -0.2) is 48.5 Å². The van der Waals surface area contributed by atoms with Crippen LogP contribution >= 0.6 is 0 Å². The predicted molar refractivity (Wildman–Crippen MR) is 103 cm³/mol. The van der Waals surface area contributed by atoms with Crippen molar-refractivity contribution < 1.29 is 33.4 Å². The molecule has 0 atom stereocenters. The number of carbonyl (C=O) groups is 4. The second-order valence-electron chi connectivity index (χ2n) is 6.69. The van der Waals surface area contributed by atoms with Gasteiger partial charge in [-0.15, -0.1) is 0 Å². The number of nitrogens with zero attached hydrogens (tertiary/aromatic N) is 1. The first-order valence-corrected chi connectivity index (χ1v) is 9.33. The van der Waals surface area contributed by atoms with E-state index in [2.05, 4.69) is 5.32 Å². The summed E-state index contributed by atoms with van der Waals surface area (Å²) in [7, 11) is 0. The number of anilines is 1. The molecule has 0 saturated carbocycles. The highest BCUT2D eigenvalue weighted by molar-refractivity contribution is 6.21. The first-order chi connectivity index (χ1) is 14.5. The van der Waals surface area contributed by atoms with Gasteiger partial charge in [-0.25, -0.2) is 0 Å². The Morgan fingerprint density at radius 3 is 2.43 bits per heavy atom. The monoisotopic (exact) mass is 410 g/mol. The van der Waals surface area contributed by atoms with Gasteiger partial charge in [0.15, 0.2) is 18.1 Å². The Bertz CT molecular complexity index is 999. The van der Waals surface area contributed by atoms with Crippen LogP contribution < -0.4 is 14.8 Å². The normalized spacial score (nSPS) is 13.9. The minimum absolute atomic E-state index is 0.0231. The molecule has 0 unspecified atom stereocenters. The molecule has 0 aliphatic carbocycles. The predicted octanol–water partition coefficient (Wildman–Crippen LogP) is 1.97. The molecule has 2 aliphatic heterocycles. The van der Waals surface area contributed by atoms with Crippen molar-refractivity contribution in [3.8, 4) is 11.5 Å². The number of fused-ring (bicyclic) bond motifs is 2. The van der Waals surface area contributed by atoms with E-state index < -0.39 is 18.5 Å². The number of benzene rings is 2. The van der Waals surface area contributed by atoms with E-state index >= 15 is 0 Å². The van der Waals surface area contributed by atoms with E-state index in [1.54, 1.807) is 42.5 Å². The van der Waals surface area contributed by atoms with Crippen molar-refractivity contribution in [1.82, 2.24) is 4.90 Å². The molecule has 0 fully saturated rings. The van der Waals surface area contributed by atoms with Gasteiger partial charge in [0.05, 0.1) is 11.1 Å². The molecule has 30 heavy (non-hydrogen) atoms.